The van der Waals surface area contributed by atoms with Crippen LogP contribution in [0.3, 0.4) is 0 Å². The number of anilines is 1. The summed E-state index contributed by atoms with van der Waals surface area (Å²) >= 11 is 1.36. The maximum absolute atomic E-state index is 10.7. The number of carboxylic acid groups (broad SMARTS) is 1. The van der Waals surface area contributed by atoms with E-state index in [-0.39, 0.29) is 5.69 Å². The minimum atomic E-state index is -0.957. The summed E-state index contributed by atoms with van der Waals surface area (Å²) in [5.74, 6) is -0.114. The fourth-order valence-electron chi connectivity index (χ4n) is 2.31. The molecular formula is C12H18N2O2S. The number of nitrogens with one attached hydrogen (secondary N) is 1. The molecule has 2 N–H and O–H groups in total. The van der Waals surface area contributed by atoms with E-state index in [2.05, 4.69) is 10.3 Å². The molecule has 1 aromatic rings. The summed E-state index contributed by atoms with van der Waals surface area (Å²) in [5, 5.41) is 14.3. The van der Waals surface area contributed by atoms with Crippen LogP contribution < -0.4 is 5.32 Å². The summed E-state index contributed by atoms with van der Waals surface area (Å²) in [4.78, 5) is 14.7. The molecule has 4 nitrogen and oxygen atoms in total. The van der Waals surface area contributed by atoms with Crippen LogP contribution in [0.4, 0.5) is 5.13 Å². The smallest absolute Gasteiger partial charge is 0.355 e. The Morgan fingerprint density at radius 1 is 1.47 bits per heavy atom. The molecule has 1 aromatic heterocycles. The van der Waals surface area contributed by atoms with Crippen LogP contribution in [-0.4, -0.2) is 22.6 Å². The molecule has 1 saturated carbocycles. The molecule has 0 bridgehead atoms. The third kappa shape index (κ3) is 3.70. The van der Waals surface area contributed by atoms with Gasteiger partial charge in [-0.05, 0) is 12.3 Å². The van der Waals surface area contributed by atoms with E-state index in [1.807, 2.05) is 0 Å². The molecule has 0 spiro atoms. The van der Waals surface area contributed by atoms with Crippen LogP contribution in [0, 0.1) is 5.92 Å². The lowest BCUT2D eigenvalue weighted by Crippen LogP contribution is -2.12. The second-order valence-corrected chi connectivity index (χ2v) is 5.42. The zero-order valence-corrected chi connectivity index (χ0v) is 10.6. The van der Waals surface area contributed by atoms with E-state index >= 15 is 0 Å². The Kier molecular flexibility index (Phi) is 4.36. The van der Waals surface area contributed by atoms with Gasteiger partial charge in [-0.3, -0.25) is 0 Å². The molecule has 2 rings (SSSR count). The summed E-state index contributed by atoms with van der Waals surface area (Å²) in [6.45, 7) is 0.900. The average Bonchev–Trinajstić information content (AvgIpc) is 2.79. The molecule has 0 aromatic carbocycles. The van der Waals surface area contributed by atoms with E-state index in [1.54, 1.807) is 5.38 Å². The Bertz CT molecular complexity index is 372. The lowest BCUT2D eigenvalue weighted by atomic mass is 9.87. The SMILES string of the molecule is O=C(O)c1csc(NCCC2CCCCC2)n1. The van der Waals surface area contributed by atoms with Gasteiger partial charge in [-0.15, -0.1) is 11.3 Å². The first-order valence-corrected chi connectivity index (χ1v) is 7.06. The predicted molar refractivity (Wildman–Crippen MR) is 68.8 cm³/mol. The van der Waals surface area contributed by atoms with Gasteiger partial charge in [0, 0.05) is 11.9 Å². The van der Waals surface area contributed by atoms with Crippen molar-refractivity contribution < 1.29 is 9.90 Å². The van der Waals surface area contributed by atoms with Crippen LogP contribution in [0.5, 0.6) is 0 Å². The van der Waals surface area contributed by atoms with E-state index in [4.69, 9.17) is 5.11 Å². The highest BCUT2D eigenvalue weighted by Gasteiger charge is 2.13. The molecule has 1 fully saturated rings. The molecule has 1 aliphatic rings. The van der Waals surface area contributed by atoms with Crippen molar-refractivity contribution in [3.63, 3.8) is 0 Å². The fraction of sp³-hybridized carbons (Fsp3) is 0.667. The highest BCUT2D eigenvalue weighted by molar-refractivity contribution is 7.13. The molecule has 5 heteroatoms. The largest absolute Gasteiger partial charge is 0.476 e. The zero-order valence-electron chi connectivity index (χ0n) is 9.82. The van der Waals surface area contributed by atoms with Crippen molar-refractivity contribution in [3.8, 4) is 0 Å². The minimum Gasteiger partial charge on any atom is -0.476 e. The van der Waals surface area contributed by atoms with Gasteiger partial charge in [-0.1, -0.05) is 32.1 Å². The van der Waals surface area contributed by atoms with Crippen molar-refractivity contribution in [2.24, 2.45) is 5.92 Å². The molecule has 1 aliphatic carbocycles. The zero-order chi connectivity index (χ0) is 12.1. The van der Waals surface area contributed by atoms with Gasteiger partial charge < -0.3 is 10.4 Å². The number of nitrogens with zero attached hydrogens (tertiary/aromatic N) is 1. The van der Waals surface area contributed by atoms with Gasteiger partial charge in [0.2, 0.25) is 0 Å². The number of rotatable bonds is 5. The quantitative estimate of drug-likeness (QED) is 0.847. The standard InChI is InChI=1S/C12H18N2O2S/c15-11(16)10-8-17-12(14-10)13-7-6-9-4-2-1-3-5-9/h8-9H,1-7H2,(H,13,14)(H,15,16). The number of thiazole rings is 1. The summed E-state index contributed by atoms with van der Waals surface area (Å²) in [6, 6.07) is 0. The molecule has 94 valence electrons. The second kappa shape index (κ2) is 6.00. The van der Waals surface area contributed by atoms with Gasteiger partial charge in [0.1, 0.15) is 0 Å². The first-order valence-electron chi connectivity index (χ1n) is 6.18. The Morgan fingerprint density at radius 2 is 2.24 bits per heavy atom. The maximum atomic E-state index is 10.7. The van der Waals surface area contributed by atoms with Crippen LogP contribution in [0.15, 0.2) is 5.38 Å². The highest BCUT2D eigenvalue weighted by atomic mass is 32.1. The van der Waals surface area contributed by atoms with E-state index in [0.29, 0.717) is 0 Å². The van der Waals surface area contributed by atoms with Crippen molar-refractivity contribution in [2.45, 2.75) is 38.5 Å². The predicted octanol–water partition coefficient (Wildman–Crippen LogP) is 3.22. The summed E-state index contributed by atoms with van der Waals surface area (Å²) < 4.78 is 0. The highest BCUT2D eigenvalue weighted by Crippen LogP contribution is 2.26. The normalized spacial score (nSPS) is 16.9. The van der Waals surface area contributed by atoms with Crippen molar-refractivity contribution in [3.05, 3.63) is 11.1 Å². The Morgan fingerprint density at radius 3 is 2.88 bits per heavy atom. The van der Waals surface area contributed by atoms with E-state index in [9.17, 15) is 4.79 Å². The van der Waals surface area contributed by atoms with Gasteiger partial charge in [-0.2, -0.15) is 0 Å². The van der Waals surface area contributed by atoms with Crippen LogP contribution >= 0.6 is 11.3 Å². The Balaban J connectivity index is 1.71. The van der Waals surface area contributed by atoms with Gasteiger partial charge in [0.15, 0.2) is 10.8 Å². The molecule has 0 amide bonds. The third-order valence-electron chi connectivity index (χ3n) is 3.28. The molecule has 0 aliphatic heterocycles. The van der Waals surface area contributed by atoms with Crippen molar-refractivity contribution in [2.75, 3.05) is 11.9 Å². The molecule has 0 unspecified atom stereocenters. The molecule has 17 heavy (non-hydrogen) atoms. The van der Waals surface area contributed by atoms with Gasteiger partial charge >= 0.3 is 5.97 Å². The topological polar surface area (TPSA) is 62.2 Å². The minimum absolute atomic E-state index is 0.134. The molecule has 0 saturated heterocycles. The van der Waals surface area contributed by atoms with Crippen molar-refractivity contribution in [1.82, 2.24) is 4.98 Å². The van der Waals surface area contributed by atoms with Crippen molar-refractivity contribution >= 4 is 22.4 Å². The fourth-order valence-corrected chi connectivity index (χ4v) is 3.03. The first kappa shape index (κ1) is 12.4. The lowest BCUT2D eigenvalue weighted by Gasteiger charge is -2.21. The Hall–Kier alpha value is -1.10. The van der Waals surface area contributed by atoms with Crippen LogP contribution in [-0.2, 0) is 0 Å². The van der Waals surface area contributed by atoms with Crippen LogP contribution in [0.1, 0.15) is 49.0 Å². The average molecular weight is 254 g/mol. The summed E-state index contributed by atoms with van der Waals surface area (Å²) in [7, 11) is 0. The van der Waals surface area contributed by atoms with Crippen LogP contribution in [0.2, 0.25) is 0 Å². The number of aromatic nitrogens is 1. The number of aromatic carboxylic acids is 1. The van der Waals surface area contributed by atoms with Gasteiger partial charge in [-0.25, -0.2) is 9.78 Å². The number of hydrogen-bond acceptors (Lipinski definition) is 4. The van der Waals surface area contributed by atoms with Crippen LogP contribution in [0.25, 0.3) is 0 Å². The molecular weight excluding hydrogens is 236 g/mol. The first-order chi connectivity index (χ1) is 8.25. The summed E-state index contributed by atoms with van der Waals surface area (Å²) in [6.07, 6.45) is 7.98. The molecule has 1 heterocycles. The Labute approximate surface area is 105 Å². The van der Waals surface area contributed by atoms with E-state index in [0.717, 1.165) is 17.6 Å². The lowest BCUT2D eigenvalue weighted by molar-refractivity contribution is 0.0691. The van der Waals surface area contributed by atoms with E-state index in [1.165, 1.54) is 49.9 Å². The number of carbonyl (C=O) groups is 1. The summed E-state index contributed by atoms with van der Waals surface area (Å²) in [5.41, 5.74) is 0.134. The number of carboxylic acids is 1. The third-order valence-corrected chi connectivity index (χ3v) is 4.08. The molecule has 0 atom stereocenters. The van der Waals surface area contributed by atoms with Crippen molar-refractivity contribution in [1.29, 1.82) is 0 Å². The van der Waals surface area contributed by atoms with Gasteiger partial charge in [0.25, 0.3) is 0 Å². The second-order valence-electron chi connectivity index (χ2n) is 4.56. The maximum Gasteiger partial charge on any atom is 0.355 e. The molecule has 0 radical (unpaired) electrons. The monoisotopic (exact) mass is 254 g/mol. The van der Waals surface area contributed by atoms with E-state index < -0.39 is 5.97 Å². The van der Waals surface area contributed by atoms with Gasteiger partial charge in [0.05, 0.1) is 0 Å². The number of hydrogen-bond donors (Lipinski definition) is 2.